The number of hydrogen-bond donors (Lipinski definition) is 1. The summed E-state index contributed by atoms with van der Waals surface area (Å²) in [5.74, 6) is -0.948. The molecule has 1 saturated heterocycles. The van der Waals surface area contributed by atoms with Crippen LogP contribution in [-0.2, 0) is 9.59 Å². The third kappa shape index (κ3) is 1.78. The van der Waals surface area contributed by atoms with Gasteiger partial charge in [-0.15, -0.1) is 0 Å². The van der Waals surface area contributed by atoms with Crippen molar-refractivity contribution < 1.29 is 9.59 Å². The molecule has 2 amide bonds. The monoisotopic (exact) mass is 218 g/mol. The second kappa shape index (κ2) is 4.35. The lowest BCUT2D eigenvalue weighted by Crippen LogP contribution is -2.53. The van der Waals surface area contributed by atoms with Gasteiger partial charge in [-0.2, -0.15) is 0 Å². The first kappa shape index (κ1) is 10.7. The maximum absolute atomic E-state index is 11.7. The van der Waals surface area contributed by atoms with E-state index in [2.05, 4.69) is 5.32 Å². The molecule has 0 aliphatic carbocycles. The van der Waals surface area contributed by atoms with Gasteiger partial charge in [-0.3, -0.25) is 9.59 Å². The molecular weight excluding hydrogens is 204 g/mol. The Morgan fingerprint density at radius 3 is 2.62 bits per heavy atom. The van der Waals surface area contributed by atoms with Gasteiger partial charge in [0.15, 0.2) is 0 Å². The molecule has 4 heteroatoms. The van der Waals surface area contributed by atoms with E-state index in [0.29, 0.717) is 13.1 Å². The number of carbonyl (C=O) groups is 2. The maximum Gasteiger partial charge on any atom is 0.312 e. The molecule has 1 aliphatic heterocycles. The van der Waals surface area contributed by atoms with Gasteiger partial charge in [-0.1, -0.05) is 30.3 Å². The van der Waals surface area contributed by atoms with Crippen molar-refractivity contribution in [3.63, 3.8) is 0 Å². The van der Waals surface area contributed by atoms with Gasteiger partial charge in [-0.05, 0) is 12.5 Å². The first-order chi connectivity index (χ1) is 7.74. The molecule has 0 unspecified atom stereocenters. The summed E-state index contributed by atoms with van der Waals surface area (Å²) in [7, 11) is 0. The minimum Gasteiger partial charge on any atom is -0.345 e. The largest absolute Gasteiger partial charge is 0.345 e. The van der Waals surface area contributed by atoms with E-state index in [1.807, 2.05) is 37.3 Å². The van der Waals surface area contributed by atoms with Crippen molar-refractivity contribution in [2.45, 2.75) is 13.0 Å². The molecule has 1 N–H and O–H groups in total. The lowest BCUT2D eigenvalue weighted by molar-refractivity contribution is -0.150. The normalized spacial score (nSPS) is 20.8. The number of piperazine rings is 1. The lowest BCUT2D eigenvalue weighted by atomic mass is 10.0. The van der Waals surface area contributed by atoms with Crippen molar-refractivity contribution in [3.8, 4) is 0 Å². The Bertz CT molecular complexity index is 403. The number of rotatable bonds is 2. The zero-order valence-electron chi connectivity index (χ0n) is 9.14. The molecule has 0 bridgehead atoms. The molecule has 2 rings (SSSR count). The Kier molecular flexibility index (Phi) is 2.90. The number of likely N-dealkylation sites (N-methyl/N-ethyl adjacent to an activating group) is 1. The molecule has 1 aromatic carbocycles. The van der Waals surface area contributed by atoms with Gasteiger partial charge < -0.3 is 10.2 Å². The summed E-state index contributed by atoms with van der Waals surface area (Å²) < 4.78 is 0. The molecule has 1 aromatic rings. The Labute approximate surface area is 94.2 Å². The molecule has 0 spiro atoms. The first-order valence-corrected chi connectivity index (χ1v) is 5.37. The first-order valence-electron chi connectivity index (χ1n) is 5.37. The minimum absolute atomic E-state index is 0.0450. The highest BCUT2D eigenvalue weighted by Gasteiger charge is 2.33. The molecule has 1 atom stereocenters. The van der Waals surface area contributed by atoms with E-state index in [1.54, 1.807) is 4.90 Å². The molecule has 0 aromatic heterocycles. The number of nitrogens with one attached hydrogen (secondary N) is 1. The summed E-state index contributed by atoms with van der Waals surface area (Å²) >= 11 is 0. The Balaban J connectivity index is 2.28. The number of benzene rings is 1. The molecule has 1 aliphatic rings. The van der Waals surface area contributed by atoms with Gasteiger partial charge in [0.25, 0.3) is 0 Å². The Morgan fingerprint density at radius 2 is 2.00 bits per heavy atom. The van der Waals surface area contributed by atoms with E-state index < -0.39 is 11.8 Å². The fourth-order valence-corrected chi connectivity index (χ4v) is 1.98. The third-order valence-corrected chi connectivity index (χ3v) is 2.81. The van der Waals surface area contributed by atoms with E-state index in [1.165, 1.54) is 0 Å². The van der Waals surface area contributed by atoms with Gasteiger partial charge in [0, 0.05) is 13.1 Å². The summed E-state index contributed by atoms with van der Waals surface area (Å²) in [6, 6.07) is 9.70. The second-order valence-corrected chi connectivity index (χ2v) is 3.73. The summed E-state index contributed by atoms with van der Waals surface area (Å²) in [4.78, 5) is 24.5. The van der Waals surface area contributed by atoms with E-state index in [-0.39, 0.29) is 6.04 Å². The summed E-state index contributed by atoms with van der Waals surface area (Å²) in [5.41, 5.74) is 1.05. The fourth-order valence-electron chi connectivity index (χ4n) is 1.98. The smallest absolute Gasteiger partial charge is 0.312 e. The van der Waals surface area contributed by atoms with Gasteiger partial charge in [-0.25, -0.2) is 0 Å². The van der Waals surface area contributed by atoms with Crippen LogP contribution in [0.4, 0.5) is 0 Å². The minimum atomic E-state index is -0.506. The average Bonchev–Trinajstić information content (AvgIpc) is 2.33. The zero-order chi connectivity index (χ0) is 11.5. The fraction of sp³-hybridized carbons (Fsp3) is 0.333. The summed E-state index contributed by atoms with van der Waals surface area (Å²) in [6.07, 6.45) is 0. The zero-order valence-corrected chi connectivity index (χ0v) is 9.14. The predicted octanol–water partition coefficient (Wildman–Crippen LogP) is 0.706. The molecule has 16 heavy (non-hydrogen) atoms. The highest BCUT2D eigenvalue weighted by molar-refractivity contribution is 6.35. The molecular formula is C12H14N2O2. The topological polar surface area (TPSA) is 49.4 Å². The number of amides is 2. The van der Waals surface area contributed by atoms with Crippen molar-refractivity contribution >= 4 is 11.8 Å². The van der Waals surface area contributed by atoms with Gasteiger partial charge in [0.05, 0.1) is 6.04 Å². The van der Waals surface area contributed by atoms with E-state index in [0.717, 1.165) is 5.56 Å². The molecule has 1 fully saturated rings. The molecule has 84 valence electrons. The highest BCUT2D eigenvalue weighted by atomic mass is 16.2. The summed E-state index contributed by atoms with van der Waals surface area (Å²) in [5, 5.41) is 2.61. The van der Waals surface area contributed by atoms with Crippen LogP contribution in [0.2, 0.25) is 0 Å². The van der Waals surface area contributed by atoms with Crippen molar-refractivity contribution in [1.29, 1.82) is 0 Å². The second-order valence-electron chi connectivity index (χ2n) is 3.73. The van der Waals surface area contributed by atoms with Crippen LogP contribution < -0.4 is 5.32 Å². The van der Waals surface area contributed by atoms with Crippen LogP contribution in [0.5, 0.6) is 0 Å². The van der Waals surface area contributed by atoms with Gasteiger partial charge in [0.2, 0.25) is 0 Å². The van der Waals surface area contributed by atoms with Crippen LogP contribution in [-0.4, -0.2) is 29.8 Å². The molecule has 0 radical (unpaired) electrons. The van der Waals surface area contributed by atoms with Crippen molar-refractivity contribution in [3.05, 3.63) is 35.9 Å². The van der Waals surface area contributed by atoms with Crippen molar-refractivity contribution in [2.24, 2.45) is 0 Å². The maximum atomic E-state index is 11.7. The van der Waals surface area contributed by atoms with Gasteiger partial charge in [0.1, 0.15) is 0 Å². The van der Waals surface area contributed by atoms with E-state index in [9.17, 15) is 9.59 Å². The third-order valence-electron chi connectivity index (χ3n) is 2.81. The van der Waals surface area contributed by atoms with Crippen LogP contribution in [0.15, 0.2) is 30.3 Å². The van der Waals surface area contributed by atoms with Crippen molar-refractivity contribution in [1.82, 2.24) is 10.2 Å². The molecule has 1 heterocycles. The predicted molar refractivity (Wildman–Crippen MR) is 59.6 cm³/mol. The van der Waals surface area contributed by atoms with Crippen LogP contribution in [0.1, 0.15) is 18.5 Å². The quantitative estimate of drug-likeness (QED) is 0.743. The van der Waals surface area contributed by atoms with Crippen LogP contribution in [0.25, 0.3) is 0 Å². The number of hydrogen-bond acceptors (Lipinski definition) is 2. The van der Waals surface area contributed by atoms with Crippen LogP contribution in [0, 0.1) is 0 Å². The number of carbonyl (C=O) groups excluding carboxylic acids is 2. The molecule has 0 saturated carbocycles. The van der Waals surface area contributed by atoms with E-state index in [4.69, 9.17) is 0 Å². The van der Waals surface area contributed by atoms with Crippen molar-refractivity contribution in [2.75, 3.05) is 13.1 Å². The molecule has 4 nitrogen and oxygen atoms in total. The lowest BCUT2D eigenvalue weighted by Gasteiger charge is -2.34. The van der Waals surface area contributed by atoms with Crippen LogP contribution >= 0.6 is 0 Å². The van der Waals surface area contributed by atoms with Gasteiger partial charge >= 0.3 is 11.8 Å². The summed E-state index contributed by atoms with van der Waals surface area (Å²) in [6.45, 7) is 2.92. The average molecular weight is 218 g/mol. The SMILES string of the molecule is CCN1C(=O)C(=O)NC[C@@H]1c1ccccc1. The highest BCUT2D eigenvalue weighted by Crippen LogP contribution is 2.22. The van der Waals surface area contributed by atoms with E-state index >= 15 is 0 Å². The number of nitrogens with zero attached hydrogens (tertiary/aromatic N) is 1. The Morgan fingerprint density at radius 1 is 1.31 bits per heavy atom. The van der Waals surface area contributed by atoms with Crippen LogP contribution in [0.3, 0.4) is 0 Å². The standard InChI is InChI=1S/C12H14N2O2/c1-2-14-10(8-13-11(15)12(14)16)9-6-4-3-5-7-9/h3-7,10H,2,8H2,1H3,(H,13,15)/t10-/m1/s1. The Hall–Kier alpha value is -1.84.